The molecule has 3 N–H and O–H groups in total. The Morgan fingerprint density at radius 1 is 1.15 bits per heavy atom. The Balaban J connectivity index is 1.47. The summed E-state index contributed by atoms with van der Waals surface area (Å²) in [4.78, 5) is 14.2. The van der Waals surface area contributed by atoms with E-state index in [2.05, 4.69) is 47.9 Å². The Hall–Kier alpha value is -2.61. The Morgan fingerprint density at radius 2 is 1.91 bits per heavy atom. The van der Waals surface area contributed by atoms with E-state index in [1.54, 1.807) is 11.3 Å². The van der Waals surface area contributed by atoms with Gasteiger partial charge in [-0.3, -0.25) is 4.79 Å². The Kier molecular flexibility index (Phi) is 7.76. The maximum atomic E-state index is 13.6. The fraction of sp³-hybridized carbons (Fsp3) is 0.370. The van der Waals surface area contributed by atoms with Crippen LogP contribution in [0.1, 0.15) is 47.4 Å². The first-order valence-electron chi connectivity index (χ1n) is 11.6. The summed E-state index contributed by atoms with van der Waals surface area (Å²) in [6, 6.07) is 13.5. The van der Waals surface area contributed by atoms with Gasteiger partial charge in [-0.25, -0.2) is 8.78 Å². The molecule has 1 heterocycles. The predicted octanol–water partition coefficient (Wildman–Crippen LogP) is 5.08. The Labute approximate surface area is 203 Å². The Bertz CT molecular complexity index is 1140. The SMILES string of the molecule is CC(=O)N[C@@H](Cc1cc(F)cc(F)c1)[C@H](O)CNC1CCCc2ccc(-c3ccc(C)s3)cc21. The minimum Gasteiger partial charge on any atom is -0.390 e. The van der Waals surface area contributed by atoms with Gasteiger partial charge in [0.25, 0.3) is 0 Å². The number of aliphatic hydroxyl groups is 1. The number of thiophene rings is 1. The average Bonchev–Trinajstić information content (AvgIpc) is 3.22. The van der Waals surface area contributed by atoms with Crippen molar-refractivity contribution in [1.82, 2.24) is 10.6 Å². The van der Waals surface area contributed by atoms with Gasteiger partial charge in [0.05, 0.1) is 12.1 Å². The molecule has 1 unspecified atom stereocenters. The smallest absolute Gasteiger partial charge is 0.217 e. The number of carbonyl (C=O) groups excluding carboxylic acids is 1. The second kappa shape index (κ2) is 10.8. The Morgan fingerprint density at radius 3 is 2.59 bits per heavy atom. The number of fused-ring (bicyclic) bond motifs is 1. The molecule has 0 fully saturated rings. The zero-order valence-corrected chi connectivity index (χ0v) is 20.2. The molecule has 1 aliphatic carbocycles. The molecular weight excluding hydrogens is 454 g/mol. The zero-order chi connectivity index (χ0) is 24.2. The summed E-state index contributed by atoms with van der Waals surface area (Å²) in [6.45, 7) is 3.71. The van der Waals surface area contributed by atoms with Crippen LogP contribution in [0.15, 0.2) is 48.5 Å². The van der Waals surface area contributed by atoms with E-state index in [0.717, 1.165) is 25.3 Å². The van der Waals surface area contributed by atoms with Crippen molar-refractivity contribution in [2.75, 3.05) is 6.54 Å². The van der Waals surface area contributed by atoms with Crippen molar-refractivity contribution in [2.24, 2.45) is 0 Å². The molecule has 180 valence electrons. The largest absolute Gasteiger partial charge is 0.390 e. The molecule has 1 amide bonds. The fourth-order valence-electron chi connectivity index (χ4n) is 4.69. The number of hydrogen-bond acceptors (Lipinski definition) is 4. The fourth-order valence-corrected chi connectivity index (χ4v) is 5.55. The van der Waals surface area contributed by atoms with Crippen LogP contribution in [0.4, 0.5) is 8.78 Å². The highest BCUT2D eigenvalue weighted by molar-refractivity contribution is 7.15. The van der Waals surface area contributed by atoms with Gasteiger partial charge in [0, 0.05) is 35.3 Å². The molecule has 0 aliphatic heterocycles. The maximum absolute atomic E-state index is 13.6. The molecule has 0 radical (unpaired) electrons. The van der Waals surface area contributed by atoms with Crippen LogP contribution < -0.4 is 10.6 Å². The number of benzene rings is 2. The lowest BCUT2D eigenvalue weighted by atomic mass is 9.86. The number of rotatable bonds is 8. The van der Waals surface area contributed by atoms with E-state index in [4.69, 9.17) is 0 Å². The summed E-state index contributed by atoms with van der Waals surface area (Å²) in [5.74, 6) is -1.67. The topological polar surface area (TPSA) is 61.4 Å². The first-order chi connectivity index (χ1) is 16.3. The molecule has 2 aromatic carbocycles. The molecule has 34 heavy (non-hydrogen) atoms. The normalized spacial score (nSPS) is 17.1. The second-order valence-electron chi connectivity index (χ2n) is 9.03. The maximum Gasteiger partial charge on any atom is 0.217 e. The monoisotopic (exact) mass is 484 g/mol. The third-order valence-corrected chi connectivity index (χ3v) is 7.34. The van der Waals surface area contributed by atoms with E-state index >= 15 is 0 Å². The molecule has 4 nitrogen and oxygen atoms in total. The summed E-state index contributed by atoms with van der Waals surface area (Å²) >= 11 is 1.77. The molecule has 4 rings (SSSR count). The van der Waals surface area contributed by atoms with Gasteiger partial charge < -0.3 is 15.7 Å². The van der Waals surface area contributed by atoms with Crippen LogP contribution in [-0.2, 0) is 17.6 Å². The van der Waals surface area contributed by atoms with E-state index in [1.165, 1.54) is 45.5 Å². The number of halogens is 2. The number of hydrogen-bond donors (Lipinski definition) is 3. The van der Waals surface area contributed by atoms with Gasteiger partial charge in [-0.2, -0.15) is 0 Å². The summed E-state index contributed by atoms with van der Waals surface area (Å²) in [7, 11) is 0. The third-order valence-electron chi connectivity index (χ3n) is 6.29. The highest BCUT2D eigenvalue weighted by atomic mass is 32.1. The molecule has 0 saturated carbocycles. The van der Waals surface area contributed by atoms with Crippen LogP contribution in [0, 0.1) is 18.6 Å². The molecule has 7 heteroatoms. The van der Waals surface area contributed by atoms with Gasteiger partial charge in [-0.15, -0.1) is 11.3 Å². The second-order valence-corrected chi connectivity index (χ2v) is 10.3. The summed E-state index contributed by atoms with van der Waals surface area (Å²) in [6.07, 6.45) is 2.23. The van der Waals surface area contributed by atoms with Gasteiger partial charge in [0.1, 0.15) is 11.6 Å². The lowest BCUT2D eigenvalue weighted by Crippen LogP contribution is -2.48. The molecule has 3 aromatic rings. The summed E-state index contributed by atoms with van der Waals surface area (Å²) in [5.41, 5.74) is 4.12. The highest BCUT2D eigenvalue weighted by Gasteiger charge is 2.25. The summed E-state index contributed by atoms with van der Waals surface area (Å²) in [5, 5.41) is 17.1. The van der Waals surface area contributed by atoms with Gasteiger partial charge in [-0.1, -0.05) is 12.1 Å². The van der Waals surface area contributed by atoms with Crippen molar-refractivity contribution >= 4 is 17.2 Å². The van der Waals surface area contributed by atoms with E-state index in [0.29, 0.717) is 5.56 Å². The lowest BCUT2D eigenvalue weighted by molar-refractivity contribution is -0.120. The van der Waals surface area contributed by atoms with Crippen LogP contribution in [0.3, 0.4) is 0 Å². The average molecular weight is 485 g/mol. The van der Waals surface area contributed by atoms with Crippen molar-refractivity contribution in [3.05, 3.63) is 81.7 Å². The van der Waals surface area contributed by atoms with Crippen LogP contribution in [0.5, 0.6) is 0 Å². The molecule has 1 aromatic heterocycles. The lowest BCUT2D eigenvalue weighted by Gasteiger charge is -2.30. The standard InChI is InChI=1S/C27H30F2N2O2S/c1-16-6-9-27(34-16)20-8-7-19-4-3-5-24(23(19)13-20)30-15-26(33)25(31-17(2)32)12-18-10-21(28)14-22(29)11-18/h6-11,13-14,24-26,30,33H,3-5,12,15H2,1-2H3,(H,31,32)/t24?,25-,26+/m0/s1. The number of nitrogens with one attached hydrogen (secondary N) is 2. The molecular formula is C27H30F2N2O2S. The van der Waals surface area contributed by atoms with Crippen LogP contribution in [0.2, 0.25) is 0 Å². The van der Waals surface area contributed by atoms with Crippen molar-refractivity contribution in [2.45, 2.75) is 57.7 Å². The van der Waals surface area contributed by atoms with Gasteiger partial charge in [0.2, 0.25) is 5.91 Å². The molecule has 0 bridgehead atoms. The quantitative estimate of drug-likeness (QED) is 0.418. The molecule has 3 atom stereocenters. The highest BCUT2D eigenvalue weighted by Crippen LogP contribution is 2.35. The van der Waals surface area contributed by atoms with E-state index < -0.39 is 23.8 Å². The minimum atomic E-state index is -0.927. The molecule has 1 aliphatic rings. The van der Waals surface area contributed by atoms with Crippen molar-refractivity contribution in [3.8, 4) is 10.4 Å². The first-order valence-corrected chi connectivity index (χ1v) is 12.4. The van der Waals surface area contributed by atoms with E-state index in [-0.39, 0.29) is 24.9 Å². The van der Waals surface area contributed by atoms with Gasteiger partial charge in [-0.05, 0) is 85.2 Å². The van der Waals surface area contributed by atoms with Gasteiger partial charge >= 0.3 is 0 Å². The molecule has 0 spiro atoms. The van der Waals surface area contributed by atoms with Gasteiger partial charge in [0.15, 0.2) is 0 Å². The van der Waals surface area contributed by atoms with Crippen LogP contribution in [-0.4, -0.2) is 29.7 Å². The first kappa shape index (κ1) is 24.5. The minimum absolute atomic E-state index is 0.0870. The third kappa shape index (κ3) is 6.09. The zero-order valence-electron chi connectivity index (χ0n) is 19.4. The molecule has 0 saturated heterocycles. The number of amides is 1. The number of carbonyl (C=O) groups is 1. The van der Waals surface area contributed by atoms with Crippen LogP contribution in [0.25, 0.3) is 10.4 Å². The summed E-state index contributed by atoms with van der Waals surface area (Å²) < 4.78 is 27.3. The van der Waals surface area contributed by atoms with E-state index in [9.17, 15) is 18.7 Å². The van der Waals surface area contributed by atoms with Crippen LogP contribution >= 0.6 is 11.3 Å². The van der Waals surface area contributed by atoms with Crippen molar-refractivity contribution in [3.63, 3.8) is 0 Å². The predicted molar refractivity (Wildman–Crippen MR) is 132 cm³/mol. The van der Waals surface area contributed by atoms with Crippen molar-refractivity contribution < 1.29 is 18.7 Å². The number of aryl methyl sites for hydroxylation is 2. The van der Waals surface area contributed by atoms with E-state index in [1.807, 2.05) is 0 Å². The van der Waals surface area contributed by atoms with Crippen molar-refractivity contribution in [1.29, 1.82) is 0 Å². The number of aliphatic hydroxyl groups excluding tert-OH is 1.